The third-order valence-electron chi connectivity index (χ3n) is 5.40. The number of carbonyl (C=O) groups excluding carboxylic acids is 1. The fourth-order valence-corrected chi connectivity index (χ4v) is 3.62. The normalized spacial score (nSPS) is 14.9. The van der Waals surface area contributed by atoms with Crippen LogP contribution in [0.15, 0.2) is 48.5 Å². The smallest absolute Gasteiger partial charge is 0.369 e. The molecule has 32 heavy (non-hydrogen) atoms. The number of nitro benzene ring substituents is 1. The molecule has 2 aromatic rings. The molecule has 10 heteroatoms. The summed E-state index contributed by atoms with van der Waals surface area (Å²) < 4.78 is 38.7. The molecular weight excluding hydrogens is 425 g/mol. The number of nitrogens with zero attached hydrogens (tertiary/aromatic N) is 3. The number of halogens is 3. The number of alkyl halides is 3. The van der Waals surface area contributed by atoms with E-state index >= 15 is 0 Å². The molecule has 0 atom stereocenters. The summed E-state index contributed by atoms with van der Waals surface area (Å²) >= 11 is 0. The van der Waals surface area contributed by atoms with E-state index in [0.29, 0.717) is 30.9 Å². The minimum Gasteiger partial charge on any atom is -0.369 e. The van der Waals surface area contributed by atoms with E-state index in [4.69, 9.17) is 0 Å². The standard InChI is InChI=1S/C22H25F3N4O3/c23-22(24,25)18-3-1-4-20(16-18)28-13-11-27(12-14-28)10-2-9-26-21(30)15-17-5-7-19(8-6-17)29(31)32/h1,3-8,16H,2,9-15H2,(H,26,30). The van der Waals surface area contributed by atoms with Gasteiger partial charge in [-0.3, -0.25) is 19.8 Å². The van der Waals surface area contributed by atoms with Gasteiger partial charge in [0.2, 0.25) is 5.91 Å². The first-order valence-electron chi connectivity index (χ1n) is 10.4. The van der Waals surface area contributed by atoms with Crippen LogP contribution in [0.4, 0.5) is 24.5 Å². The lowest BCUT2D eigenvalue weighted by Gasteiger charge is -2.36. The summed E-state index contributed by atoms with van der Waals surface area (Å²) in [6, 6.07) is 11.3. The Morgan fingerprint density at radius 3 is 2.38 bits per heavy atom. The second-order valence-electron chi connectivity index (χ2n) is 7.68. The van der Waals surface area contributed by atoms with Crippen LogP contribution in [0.2, 0.25) is 0 Å². The van der Waals surface area contributed by atoms with Crippen molar-refractivity contribution in [3.63, 3.8) is 0 Å². The monoisotopic (exact) mass is 450 g/mol. The molecule has 0 saturated carbocycles. The van der Waals surface area contributed by atoms with Crippen LogP contribution in [-0.4, -0.2) is 55.0 Å². The molecular formula is C22H25F3N4O3. The van der Waals surface area contributed by atoms with Crippen LogP contribution in [0.3, 0.4) is 0 Å². The Labute approximate surface area is 184 Å². The van der Waals surface area contributed by atoms with Gasteiger partial charge in [0.05, 0.1) is 16.9 Å². The van der Waals surface area contributed by atoms with Crippen LogP contribution in [0.25, 0.3) is 0 Å². The van der Waals surface area contributed by atoms with Crippen molar-refractivity contribution in [1.82, 2.24) is 10.2 Å². The Kier molecular flexibility index (Phi) is 7.68. The van der Waals surface area contributed by atoms with Crippen molar-refractivity contribution in [2.75, 3.05) is 44.2 Å². The molecule has 0 radical (unpaired) electrons. The zero-order chi connectivity index (χ0) is 23.1. The van der Waals surface area contributed by atoms with E-state index in [1.807, 2.05) is 4.90 Å². The van der Waals surface area contributed by atoms with E-state index in [0.717, 1.165) is 32.1 Å². The second-order valence-corrected chi connectivity index (χ2v) is 7.68. The zero-order valence-corrected chi connectivity index (χ0v) is 17.5. The van der Waals surface area contributed by atoms with Gasteiger partial charge >= 0.3 is 6.18 Å². The Morgan fingerprint density at radius 1 is 1.06 bits per heavy atom. The van der Waals surface area contributed by atoms with Crippen LogP contribution in [0, 0.1) is 10.1 Å². The summed E-state index contributed by atoms with van der Waals surface area (Å²) in [5.41, 5.74) is 0.640. The molecule has 0 bridgehead atoms. The number of nitrogens with one attached hydrogen (secondary N) is 1. The number of hydrogen-bond acceptors (Lipinski definition) is 5. The lowest BCUT2D eigenvalue weighted by atomic mass is 10.1. The SMILES string of the molecule is O=C(Cc1ccc([N+](=O)[O-])cc1)NCCCN1CCN(c2cccc(C(F)(F)F)c2)CC1. The summed E-state index contributed by atoms with van der Waals surface area (Å²) in [4.78, 5) is 26.4. The van der Waals surface area contributed by atoms with E-state index < -0.39 is 16.7 Å². The molecule has 1 fully saturated rings. The highest BCUT2D eigenvalue weighted by atomic mass is 19.4. The number of amides is 1. The number of carbonyl (C=O) groups is 1. The number of anilines is 1. The average Bonchev–Trinajstić information content (AvgIpc) is 2.77. The summed E-state index contributed by atoms with van der Waals surface area (Å²) in [5, 5.41) is 13.5. The number of non-ortho nitro benzene ring substituents is 1. The molecule has 0 spiro atoms. The van der Waals surface area contributed by atoms with Crippen LogP contribution in [0.5, 0.6) is 0 Å². The molecule has 3 rings (SSSR count). The number of rotatable bonds is 8. The van der Waals surface area contributed by atoms with E-state index in [1.54, 1.807) is 18.2 Å². The van der Waals surface area contributed by atoms with E-state index in [2.05, 4.69) is 10.2 Å². The zero-order valence-electron chi connectivity index (χ0n) is 17.5. The maximum absolute atomic E-state index is 12.9. The third kappa shape index (κ3) is 6.68. The van der Waals surface area contributed by atoms with Crippen LogP contribution >= 0.6 is 0 Å². The fourth-order valence-electron chi connectivity index (χ4n) is 3.62. The van der Waals surface area contributed by atoms with Crippen molar-refractivity contribution in [3.8, 4) is 0 Å². The molecule has 1 N–H and O–H groups in total. The fraction of sp³-hybridized carbons (Fsp3) is 0.409. The van der Waals surface area contributed by atoms with Gasteiger partial charge in [-0.15, -0.1) is 0 Å². The molecule has 7 nitrogen and oxygen atoms in total. The highest BCUT2D eigenvalue weighted by molar-refractivity contribution is 5.78. The maximum Gasteiger partial charge on any atom is 0.416 e. The Balaban J connectivity index is 1.35. The Morgan fingerprint density at radius 2 is 1.75 bits per heavy atom. The van der Waals surface area contributed by atoms with Crippen molar-refractivity contribution in [3.05, 3.63) is 69.8 Å². The van der Waals surface area contributed by atoms with Gasteiger partial charge in [0.25, 0.3) is 5.69 Å². The molecule has 1 aliphatic heterocycles. The summed E-state index contributed by atoms with van der Waals surface area (Å²) in [5.74, 6) is -0.145. The lowest BCUT2D eigenvalue weighted by molar-refractivity contribution is -0.384. The Bertz CT molecular complexity index is 927. The molecule has 1 aliphatic rings. The van der Waals surface area contributed by atoms with E-state index in [1.165, 1.54) is 24.3 Å². The maximum atomic E-state index is 12.9. The van der Waals surface area contributed by atoms with Gasteiger partial charge in [-0.1, -0.05) is 18.2 Å². The number of nitro groups is 1. The predicted molar refractivity (Wildman–Crippen MR) is 115 cm³/mol. The quantitative estimate of drug-likeness (QED) is 0.379. The third-order valence-corrected chi connectivity index (χ3v) is 5.40. The number of piperazine rings is 1. The molecule has 0 aliphatic carbocycles. The van der Waals surface area contributed by atoms with Gasteiger partial charge in [-0.05, 0) is 36.7 Å². The van der Waals surface area contributed by atoms with Crippen molar-refractivity contribution < 1.29 is 22.9 Å². The van der Waals surface area contributed by atoms with Gasteiger partial charge in [0.1, 0.15) is 0 Å². The van der Waals surface area contributed by atoms with Crippen LogP contribution in [-0.2, 0) is 17.4 Å². The highest BCUT2D eigenvalue weighted by Gasteiger charge is 2.31. The number of benzene rings is 2. The van der Waals surface area contributed by atoms with Gasteiger partial charge in [0, 0.05) is 50.5 Å². The minimum absolute atomic E-state index is 0.0117. The van der Waals surface area contributed by atoms with Gasteiger partial charge in [0.15, 0.2) is 0 Å². The molecule has 172 valence electrons. The molecule has 1 saturated heterocycles. The molecule has 1 heterocycles. The van der Waals surface area contributed by atoms with Crippen LogP contribution < -0.4 is 10.2 Å². The second kappa shape index (κ2) is 10.4. The summed E-state index contributed by atoms with van der Waals surface area (Å²) in [7, 11) is 0. The van der Waals surface area contributed by atoms with Crippen molar-refractivity contribution in [1.29, 1.82) is 0 Å². The molecule has 1 amide bonds. The van der Waals surface area contributed by atoms with Crippen LogP contribution in [0.1, 0.15) is 17.5 Å². The molecule has 0 aromatic heterocycles. The average molecular weight is 450 g/mol. The van der Waals surface area contributed by atoms with E-state index in [-0.39, 0.29) is 18.0 Å². The Hall–Kier alpha value is -3.14. The largest absolute Gasteiger partial charge is 0.416 e. The van der Waals surface area contributed by atoms with Gasteiger partial charge in [-0.2, -0.15) is 13.2 Å². The summed E-state index contributed by atoms with van der Waals surface area (Å²) in [6.07, 6.45) is -3.43. The van der Waals surface area contributed by atoms with Crippen molar-refractivity contribution in [2.45, 2.75) is 19.0 Å². The van der Waals surface area contributed by atoms with Gasteiger partial charge in [-0.25, -0.2) is 0 Å². The van der Waals surface area contributed by atoms with Crippen molar-refractivity contribution >= 4 is 17.3 Å². The predicted octanol–water partition coefficient (Wildman–Crippen LogP) is 3.48. The first kappa shape index (κ1) is 23.5. The van der Waals surface area contributed by atoms with Crippen molar-refractivity contribution in [2.24, 2.45) is 0 Å². The lowest BCUT2D eigenvalue weighted by Crippen LogP contribution is -2.47. The summed E-state index contributed by atoms with van der Waals surface area (Å²) in [6.45, 7) is 4.08. The van der Waals surface area contributed by atoms with Gasteiger partial charge < -0.3 is 10.2 Å². The molecule has 2 aromatic carbocycles. The van der Waals surface area contributed by atoms with E-state index in [9.17, 15) is 28.1 Å². The first-order valence-corrected chi connectivity index (χ1v) is 10.4. The first-order chi connectivity index (χ1) is 15.2. The highest BCUT2D eigenvalue weighted by Crippen LogP contribution is 2.31. The minimum atomic E-state index is -4.35. The topological polar surface area (TPSA) is 78.7 Å². The molecule has 0 unspecified atom stereocenters. The number of hydrogen-bond donors (Lipinski definition) is 1.